The Morgan fingerprint density at radius 1 is 1.35 bits per heavy atom. The molecule has 7 nitrogen and oxygen atoms in total. The van der Waals surface area contributed by atoms with E-state index in [1.165, 1.54) is 0 Å². The van der Waals surface area contributed by atoms with E-state index in [2.05, 4.69) is 16.0 Å². The van der Waals surface area contributed by atoms with E-state index < -0.39 is 6.04 Å². The minimum atomic E-state index is -0.738. The maximum Gasteiger partial charge on any atom is 0.254 e. The molecule has 2 atom stereocenters. The van der Waals surface area contributed by atoms with Gasteiger partial charge in [-0.25, -0.2) is 0 Å². The fraction of sp³-hybridized carbons (Fsp3) is 0.438. The van der Waals surface area contributed by atoms with Crippen LogP contribution in [0.25, 0.3) is 0 Å². The summed E-state index contributed by atoms with van der Waals surface area (Å²) in [6.45, 7) is 2.25. The number of carbonyl (C=O) groups excluding carboxylic acids is 3. The zero-order valence-electron chi connectivity index (χ0n) is 13.2. The molecular formula is C16H21N3O4. The molecule has 0 bridgehead atoms. The number of ether oxygens (including phenoxy) is 1. The number of benzene rings is 1. The summed E-state index contributed by atoms with van der Waals surface area (Å²) < 4.78 is 4.95. The zero-order valence-corrected chi connectivity index (χ0v) is 13.2. The number of carbonyl (C=O) groups is 3. The Kier molecular flexibility index (Phi) is 5.70. The number of hydrogen-bond acceptors (Lipinski definition) is 4. The van der Waals surface area contributed by atoms with Crippen LogP contribution in [0.1, 0.15) is 30.1 Å². The first-order chi connectivity index (χ1) is 11.0. The van der Waals surface area contributed by atoms with E-state index in [0.717, 1.165) is 0 Å². The van der Waals surface area contributed by atoms with Crippen molar-refractivity contribution in [1.82, 2.24) is 10.6 Å². The monoisotopic (exact) mass is 319 g/mol. The van der Waals surface area contributed by atoms with E-state index in [4.69, 9.17) is 4.74 Å². The van der Waals surface area contributed by atoms with E-state index in [-0.39, 0.29) is 36.6 Å². The lowest BCUT2D eigenvalue weighted by molar-refractivity contribution is -0.122. The summed E-state index contributed by atoms with van der Waals surface area (Å²) in [4.78, 5) is 36.2. The van der Waals surface area contributed by atoms with Crippen molar-refractivity contribution in [3.8, 4) is 0 Å². The average molecular weight is 319 g/mol. The van der Waals surface area contributed by atoms with Crippen molar-refractivity contribution in [3.63, 3.8) is 0 Å². The number of fused-ring (bicyclic) bond motifs is 1. The Morgan fingerprint density at radius 2 is 2.09 bits per heavy atom. The summed E-state index contributed by atoms with van der Waals surface area (Å²) in [7, 11) is 1.56. The van der Waals surface area contributed by atoms with E-state index in [1.807, 2.05) is 6.92 Å². The predicted octanol–water partition coefficient (Wildman–Crippen LogP) is 0.668. The molecule has 1 heterocycles. The van der Waals surface area contributed by atoms with Crippen molar-refractivity contribution in [2.75, 3.05) is 19.0 Å². The van der Waals surface area contributed by atoms with Gasteiger partial charge in [0, 0.05) is 19.6 Å². The molecule has 1 aliphatic heterocycles. The van der Waals surface area contributed by atoms with Crippen molar-refractivity contribution in [2.24, 2.45) is 0 Å². The number of rotatable bonds is 6. The van der Waals surface area contributed by atoms with E-state index >= 15 is 0 Å². The highest BCUT2D eigenvalue weighted by atomic mass is 16.5. The lowest BCUT2D eigenvalue weighted by Gasteiger charge is -2.16. The standard InChI is InChI=1S/C16H21N3O4/c1-10(9-23-2)17-14(20)8-7-13-16(22)18-12-6-4-3-5-11(12)15(21)19-13/h3-6,10,13H,7-9H2,1-2H3,(H,17,20)(H,18,22)(H,19,21)/t10-,13+/m0/s1. The molecule has 1 aromatic rings. The molecule has 0 aliphatic carbocycles. The minimum absolute atomic E-state index is 0.102. The van der Waals surface area contributed by atoms with Crippen LogP contribution in [0.5, 0.6) is 0 Å². The van der Waals surface area contributed by atoms with Gasteiger partial charge >= 0.3 is 0 Å². The number of amides is 3. The Morgan fingerprint density at radius 3 is 2.83 bits per heavy atom. The van der Waals surface area contributed by atoms with E-state index in [0.29, 0.717) is 17.9 Å². The first-order valence-electron chi connectivity index (χ1n) is 7.50. The molecule has 0 saturated heterocycles. The van der Waals surface area contributed by atoms with Crippen LogP contribution in [0, 0.1) is 0 Å². The van der Waals surface area contributed by atoms with Gasteiger partial charge in [0.15, 0.2) is 0 Å². The lowest BCUT2D eigenvalue weighted by Crippen LogP contribution is -2.42. The summed E-state index contributed by atoms with van der Waals surface area (Å²) in [6, 6.07) is 5.96. The molecule has 124 valence electrons. The van der Waals surface area contributed by atoms with Crippen molar-refractivity contribution < 1.29 is 19.1 Å². The van der Waals surface area contributed by atoms with E-state index in [1.54, 1.807) is 31.4 Å². The SMILES string of the molecule is COC[C@H](C)NC(=O)CC[C@H]1NC(=O)c2ccccc2NC1=O. The van der Waals surface area contributed by atoms with E-state index in [9.17, 15) is 14.4 Å². The van der Waals surface area contributed by atoms with Crippen LogP contribution in [0.15, 0.2) is 24.3 Å². The van der Waals surface area contributed by atoms with Gasteiger partial charge < -0.3 is 20.7 Å². The topological polar surface area (TPSA) is 96.5 Å². The highest BCUT2D eigenvalue weighted by Crippen LogP contribution is 2.19. The molecule has 2 rings (SSSR count). The van der Waals surface area contributed by atoms with Gasteiger partial charge in [0.25, 0.3) is 5.91 Å². The number of hydrogen-bond donors (Lipinski definition) is 3. The normalized spacial score (nSPS) is 18.3. The van der Waals surface area contributed by atoms with Gasteiger partial charge in [-0.1, -0.05) is 12.1 Å². The average Bonchev–Trinajstić information content (AvgIpc) is 2.62. The summed E-state index contributed by atoms with van der Waals surface area (Å²) >= 11 is 0. The molecule has 1 aromatic carbocycles. The number of nitrogens with one attached hydrogen (secondary N) is 3. The van der Waals surface area contributed by atoms with Gasteiger partial charge in [0.2, 0.25) is 11.8 Å². The van der Waals surface area contributed by atoms with Gasteiger partial charge in [0.1, 0.15) is 6.04 Å². The van der Waals surface area contributed by atoms with Gasteiger partial charge in [-0.3, -0.25) is 14.4 Å². The van der Waals surface area contributed by atoms with Crippen LogP contribution in [-0.4, -0.2) is 43.5 Å². The maximum atomic E-state index is 12.2. The summed E-state index contributed by atoms with van der Waals surface area (Å²) in [6.07, 6.45) is 0.375. The fourth-order valence-corrected chi connectivity index (χ4v) is 2.43. The number of para-hydroxylation sites is 1. The maximum absolute atomic E-state index is 12.2. The first-order valence-corrected chi connectivity index (χ1v) is 7.50. The van der Waals surface area contributed by atoms with Crippen molar-refractivity contribution in [1.29, 1.82) is 0 Å². The fourth-order valence-electron chi connectivity index (χ4n) is 2.43. The smallest absolute Gasteiger partial charge is 0.254 e. The molecule has 3 N–H and O–H groups in total. The second-order valence-corrected chi connectivity index (χ2v) is 5.52. The lowest BCUT2D eigenvalue weighted by atomic mass is 10.1. The summed E-state index contributed by atoms with van der Waals surface area (Å²) in [5, 5.41) is 8.15. The third-order valence-electron chi connectivity index (χ3n) is 3.54. The zero-order chi connectivity index (χ0) is 16.8. The third-order valence-corrected chi connectivity index (χ3v) is 3.54. The molecular weight excluding hydrogens is 298 g/mol. The van der Waals surface area contributed by atoms with Crippen LogP contribution in [-0.2, 0) is 14.3 Å². The highest BCUT2D eigenvalue weighted by Gasteiger charge is 2.27. The Labute approximate surface area is 134 Å². The molecule has 0 unspecified atom stereocenters. The number of methoxy groups -OCH3 is 1. The second kappa shape index (κ2) is 7.73. The van der Waals surface area contributed by atoms with Crippen molar-refractivity contribution >= 4 is 23.4 Å². The first kappa shape index (κ1) is 17.0. The quantitative estimate of drug-likeness (QED) is 0.718. The molecule has 0 saturated carbocycles. The number of anilines is 1. The summed E-state index contributed by atoms with van der Waals surface area (Å²) in [5.74, 6) is -0.823. The highest BCUT2D eigenvalue weighted by molar-refractivity contribution is 6.09. The molecule has 23 heavy (non-hydrogen) atoms. The second-order valence-electron chi connectivity index (χ2n) is 5.52. The molecule has 1 aliphatic rings. The van der Waals surface area contributed by atoms with Crippen LogP contribution in [0.2, 0.25) is 0 Å². The van der Waals surface area contributed by atoms with Crippen LogP contribution in [0.4, 0.5) is 5.69 Å². The Hall–Kier alpha value is -2.41. The molecule has 3 amide bonds. The molecule has 7 heteroatoms. The molecule has 0 aromatic heterocycles. The van der Waals surface area contributed by atoms with Crippen LogP contribution >= 0.6 is 0 Å². The predicted molar refractivity (Wildman–Crippen MR) is 85.0 cm³/mol. The van der Waals surface area contributed by atoms with Gasteiger partial charge in [0.05, 0.1) is 17.9 Å². The Balaban J connectivity index is 1.93. The third kappa shape index (κ3) is 4.53. The molecule has 0 radical (unpaired) electrons. The van der Waals surface area contributed by atoms with Crippen molar-refractivity contribution in [3.05, 3.63) is 29.8 Å². The van der Waals surface area contributed by atoms with Crippen LogP contribution in [0.3, 0.4) is 0 Å². The van der Waals surface area contributed by atoms with Crippen molar-refractivity contribution in [2.45, 2.75) is 31.8 Å². The van der Waals surface area contributed by atoms with Gasteiger partial charge in [-0.15, -0.1) is 0 Å². The largest absolute Gasteiger partial charge is 0.383 e. The molecule has 0 fully saturated rings. The van der Waals surface area contributed by atoms with Gasteiger partial charge in [-0.05, 0) is 25.5 Å². The molecule has 0 spiro atoms. The Bertz CT molecular complexity index is 603. The summed E-state index contributed by atoms with van der Waals surface area (Å²) in [5.41, 5.74) is 0.900. The van der Waals surface area contributed by atoms with Crippen LogP contribution < -0.4 is 16.0 Å². The minimum Gasteiger partial charge on any atom is -0.383 e. The van der Waals surface area contributed by atoms with Gasteiger partial charge in [-0.2, -0.15) is 0 Å².